The van der Waals surface area contributed by atoms with Gasteiger partial charge in [-0.3, -0.25) is 0 Å². The third-order valence-corrected chi connectivity index (χ3v) is 5.91. The molecule has 1 aliphatic rings. The number of aryl methyl sites for hydroxylation is 2. The summed E-state index contributed by atoms with van der Waals surface area (Å²) in [6.07, 6.45) is 2.32. The topological polar surface area (TPSA) is 59.6 Å². The van der Waals surface area contributed by atoms with Gasteiger partial charge in [-0.05, 0) is 51.4 Å². The molecular weight excluding hydrogens is 392 g/mol. The van der Waals surface area contributed by atoms with Crippen molar-refractivity contribution in [2.45, 2.75) is 39.7 Å². The van der Waals surface area contributed by atoms with E-state index < -0.39 is 0 Å². The van der Waals surface area contributed by atoms with Crippen molar-refractivity contribution >= 4 is 39.6 Å². The van der Waals surface area contributed by atoms with E-state index in [2.05, 4.69) is 10.6 Å². The summed E-state index contributed by atoms with van der Waals surface area (Å²) < 4.78 is 11.0. The largest absolute Gasteiger partial charge is 0.462 e. The van der Waals surface area contributed by atoms with Crippen molar-refractivity contribution in [2.24, 2.45) is 0 Å². The van der Waals surface area contributed by atoms with Crippen LogP contribution in [0.4, 0.5) is 5.00 Å². The van der Waals surface area contributed by atoms with Crippen LogP contribution in [-0.4, -0.2) is 36.9 Å². The standard InChI is InChI=1S/C21H26N2O3S2/c1-4-25-20(24)18-17(15-9-7-13(2)8-10-15)14(3)28-19(18)23-21(27)22-12-16-6-5-11-26-16/h7-10,16H,4-6,11-12H2,1-3H3,(H2,22,23,27)/t16-/m1/s1. The Bertz CT molecular complexity index is 840. The average molecular weight is 419 g/mol. The van der Waals surface area contributed by atoms with Crippen LogP contribution in [-0.2, 0) is 9.47 Å². The predicted octanol–water partition coefficient (Wildman–Crippen LogP) is 4.67. The number of rotatable bonds is 6. The monoisotopic (exact) mass is 418 g/mol. The number of hydrogen-bond acceptors (Lipinski definition) is 5. The van der Waals surface area contributed by atoms with Crippen LogP contribution in [0.15, 0.2) is 24.3 Å². The van der Waals surface area contributed by atoms with Gasteiger partial charge in [0.1, 0.15) is 10.6 Å². The first-order valence-electron chi connectivity index (χ1n) is 9.53. The molecule has 1 atom stereocenters. The molecule has 1 aromatic carbocycles. The van der Waals surface area contributed by atoms with Crippen LogP contribution in [0.2, 0.25) is 0 Å². The molecule has 0 bridgehead atoms. The van der Waals surface area contributed by atoms with Crippen molar-refractivity contribution in [1.82, 2.24) is 5.32 Å². The first-order valence-corrected chi connectivity index (χ1v) is 10.8. The second kappa shape index (κ2) is 9.49. The lowest BCUT2D eigenvalue weighted by molar-refractivity contribution is 0.0529. The third kappa shape index (κ3) is 4.90. The predicted molar refractivity (Wildman–Crippen MR) is 118 cm³/mol. The van der Waals surface area contributed by atoms with Gasteiger partial charge in [0.15, 0.2) is 5.11 Å². The third-order valence-electron chi connectivity index (χ3n) is 4.65. The Labute approximate surface area is 175 Å². The quantitative estimate of drug-likeness (QED) is 0.525. The van der Waals surface area contributed by atoms with Gasteiger partial charge in [0, 0.05) is 23.6 Å². The van der Waals surface area contributed by atoms with Gasteiger partial charge in [-0.2, -0.15) is 0 Å². The van der Waals surface area contributed by atoms with Gasteiger partial charge in [0.2, 0.25) is 0 Å². The highest BCUT2D eigenvalue weighted by atomic mass is 32.1. The van der Waals surface area contributed by atoms with Gasteiger partial charge in [-0.1, -0.05) is 29.8 Å². The van der Waals surface area contributed by atoms with Crippen LogP contribution in [0.3, 0.4) is 0 Å². The normalized spacial score (nSPS) is 16.0. The summed E-state index contributed by atoms with van der Waals surface area (Å²) in [5, 5.41) is 7.58. The molecule has 5 nitrogen and oxygen atoms in total. The number of esters is 1. The summed E-state index contributed by atoms with van der Waals surface area (Å²) in [6.45, 7) is 7.66. The number of carbonyl (C=O) groups is 1. The highest BCUT2D eigenvalue weighted by Crippen LogP contribution is 2.40. The highest BCUT2D eigenvalue weighted by Gasteiger charge is 2.25. The molecule has 28 heavy (non-hydrogen) atoms. The van der Waals surface area contributed by atoms with E-state index in [1.54, 1.807) is 0 Å². The Morgan fingerprint density at radius 2 is 2.07 bits per heavy atom. The van der Waals surface area contributed by atoms with Gasteiger partial charge in [-0.25, -0.2) is 4.79 Å². The summed E-state index contributed by atoms with van der Waals surface area (Å²) in [5.41, 5.74) is 3.60. The Morgan fingerprint density at radius 3 is 2.71 bits per heavy atom. The summed E-state index contributed by atoms with van der Waals surface area (Å²) in [7, 11) is 0. The van der Waals surface area contributed by atoms with Crippen LogP contribution in [0, 0.1) is 13.8 Å². The zero-order chi connectivity index (χ0) is 20.1. The van der Waals surface area contributed by atoms with Gasteiger partial charge in [0.05, 0.1) is 12.7 Å². The molecule has 1 fully saturated rings. The number of hydrogen-bond donors (Lipinski definition) is 2. The number of thiophene rings is 1. The summed E-state index contributed by atoms with van der Waals surface area (Å²) in [5.74, 6) is -0.341. The number of carbonyl (C=O) groups excluding carboxylic acids is 1. The van der Waals surface area contributed by atoms with Crippen LogP contribution in [0.5, 0.6) is 0 Å². The molecule has 0 amide bonds. The maximum atomic E-state index is 12.7. The number of nitrogens with one attached hydrogen (secondary N) is 2. The lowest BCUT2D eigenvalue weighted by Crippen LogP contribution is -2.35. The van der Waals surface area contributed by atoms with E-state index in [0.717, 1.165) is 35.5 Å². The molecule has 1 saturated heterocycles. The van der Waals surface area contributed by atoms with Gasteiger partial charge in [0.25, 0.3) is 0 Å². The average Bonchev–Trinajstić information content (AvgIpc) is 3.29. The van der Waals surface area contributed by atoms with E-state index in [-0.39, 0.29) is 12.1 Å². The Balaban J connectivity index is 1.85. The summed E-state index contributed by atoms with van der Waals surface area (Å²) in [6, 6.07) is 8.15. The Morgan fingerprint density at radius 1 is 1.32 bits per heavy atom. The van der Waals surface area contributed by atoms with Crippen molar-refractivity contribution in [3.63, 3.8) is 0 Å². The SMILES string of the molecule is CCOC(=O)c1c(NC(=S)NC[C@H]2CCCO2)sc(C)c1-c1ccc(C)cc1. The van der Waals surface area contributed by atoms with Crippen molar-refractivity contribution in [3.05, 3.63) is 40.3 Å². The molecule has 2 N–H and O–H groups in total. The number of ether oxygens (including phenoxy) is 2. The fraction of sp³-hybridized carbons (Fsp3) is 0.429. The molecule has 3 rings (SSSR count). The minimum absolute atomic E-state index is 0.192. The first kappa shape index (κ1) is 20.8. The molecule has 0 saturated carbocycles. The van der Waals surface area contributed by atoms with E-state index in [9.17, 15) is 4.79 Å². The first-order chi connectivity index (χ1) is 13.5. The van der Waals surface area contributed by atoms with Crippen LogP contribution >= 0.6 is 23.6 Å². The van der Waals surface area contributed by atoms with E-state index in [0.29, 0.717) is 28.8 Å². The van der Waals surface area contributed by atoms with Gasteiger partial charge < -0.3 is 20.1 Å². The second-order valence-electron chi connectivity index (χ2n) is 6.79. The minimum Gasteiger partial charge on any atom is -0.462 e. The maximum Gasteiger partial charge on any atom is 0.341 e. The number of anilines is 1. The second-order valence-corrected chi connectivity index (χ2v) is 8.43. The lowest BCUT2D eigenvalue weighted by atomic mass is 10.0. The molecular formula is C21H26N2O3S2. The van der Waals surface area contributed by atoms with Crippen LogP contribution < -0.4 is 10.6 Å². The molecule has 0 unspecified atom stereocenters. The van der Waals surface area contributed by atoms with E-state index in [4.69, 9.17) is 21.7 Å². The summed E-state index contributed by atoms with van der Waals surface area (Å²) in [4.78, 5) is 13.8. The fourth-order valence-corrected chi connectivity index (χ4v) is 4.58. The molecule has 0 spiro atoms. The zero-order valence-corrected chi connectivity index (χ0v) is 18.1. The van der Waals surface area contributed by atoms with E-state index in [1.807, 2.05) is 45.0 Å². The summed E-state index contributed by atoms with van der Waals surface area (Å²) >= 11 is 6.95. The fourth-order valence-electron chi connectivity index (χ4n) is 3.26. The maximum absolute atomic E-state index is 12.7. The molecule has 150 valence electrons. The van der Waals surface area contributed by atoms with Gasteiger partial charge in [-0.15, -0.1) is 11.3 Å². The van der Waals surface area contributed by atoms with Gasteiger partial charge >= 0.3 is 5.97 Å². The van der Waals surface area contributed by atoms with E-state index in [1.165, 1.54) is 16.9 Å². The van der Waals surface area contributed by atoms with Crippen molar-refractivity contribution in [2.75, 3.05) is 25.1 Å². The van der Waals surface area contributed by atoms with Crippen molar-refractivity contribution in [1.29, 1.82) is 0 Å². The lowest BCUT2D eigenvalue weighted by Gasteiger charge is -2.14. The Kier molecular flexibility index (Phi) is 7.04. The zero-order valence-electron chi connectivity index (χ0n) is 16.5. The molecule has 1 aromatic heterocycles. The van der Waals surface area contributed by atoms with Crippen LogP contribution in [0.1, 0.15) is 40.6 Å². The van der Waals surface area contributed by atoms with Crippen molar-refractivity contribution in [3.8, 4) is 11.1 Å². The number of benzene rings is 1. The van der Waals surface area contributed by atoms with E-state index >= 15 is 0 Å². The molecule has 7 heteroatoms. The molecule has 2 aromatic rings. The van der Waals surface area contributed by atoms with Crippen molar-refractivity contribution < 1.29 is 14.3 Å². The number of thiocarbonyl (C=S) groups is 1. The van der Waals surface area contributed by atoms with Crippen LogP contribution in [0.25, 0.3) is 11.1 Å². The molecule has 0 aliphatic carbocycles. The molecule has 2 heterocycles. The smallest absolute Gasteiger partial charge is 0.341 e. The molecule has 0 radical (unpaired) electrons. The Hall–Kier alpha value is -1.96. The minimum atomic E-state index is -0.341. The highest BCUT2D eigenvalue weighted by molar-refractivity contribution is 7.80. The molecule has 1 aliphatic heterocycles.